The lowest BCUT2D eigenvalue weighted by Crippen LogP contribution is -2.31. The van der Waals surface area contributed by atoms with Crippen LogP contribution >= 0.6 is 0 Å². The smallest absolute Gasteiger partial charge is 0.126 e. The van der Waals surface area contributed by atoms with Gasteiger partial charge in [0.1, 0.15) is 5.82 Å². The number of hydrogen-bond donors (Lipinski definition) is 2. The molecule has 1 saturated heterocycles. The molecule has 0 unspecified atom stereocenters. The summed E-state index contributed by atoms with van der Waals surface area (Å²) in [5, 5.41) is 8.06. The third kappa shape index (κ3) is 2.62. The molecule has 3 nitrogen and oxygen atoms in total. The number of fused-ring (bicyclic) bond motifs is 1. The highest BCUT2D eigenvalue weighted by Crippen LogP contribution is 2.16. The van der Waals surface area contributed by atoms with E-state index in [-0.39, 0.29) is 0 Å². The molecule has 1 fully saturated rings. The maximum atomic E-state index is 4.63. The van der Waals surface area contributed by atoms with E-state index in [9.17, 15) is 0 Å². The van der Waals surface area contributed by atoms with Crippen LogP contribution in [-0.4, -0.2) is 24.6 Å². The molecule has 3 rings (SSSR count). The van der Waals surface area contributed by atoms with Crippen LogP contribution in [0.25, 0.3) is 10.9 Å². The number of para-hydroxylation sites is 1. The van der Waals surface area contributed by atoms with Crippen molar-refractivity contribution in [3.8, 4) is 0 Å². The number of piperidine rings is 1. The van der Waals surface area contributed by atoms with Gasteiger partial charge >= 0.3 is 0 Å². The normalized spacial score (nSPS) is 16.9. The first-order chi connectivity index (χ1) is 8.92. The average molecular weight is 241 g/mol. The highest BCUT2D eigenvalue weighted by Gasteiger charge is 2.12. The topological polar surface area (TPSA) is 37.0 Å². The number of nitrogens with one attached hydrogen (secondary N) is 2. The maximum Gasteiger partial charge on any atom is 0.126 e. The largest absolute Gasteiger partial charge is 0.370 e. The maximum absolute atomic E-state index is 4.63. The van der Waals surface area contributed by atoms with Crippen LogP contribution in [0.1, 0.15) is 12.8 Å². The van der Waals surface area contributed by atoms with Crippen molar-refractivity contribution in [2.75, 3.05) is 25.0 Å². The summed E-state index contributed by atoms with van der Waals surface area (Å²) in [5.41, 5.74) is 1.06. The summed E-state index contributed by atoms with van der Waals surface area (Å²) in [7, 11) is 0. The van der Waals surface area contributed by atoms with Gasteiger partial charge in [-0.1, -0.05) is 18.2 Å². The Labute approximate surface area is 108 Å². The number of hydrogen-bond acceptors (Lipinski definition) is 3. The summed E-state index contributed by atoms with van der Waals surface area (Å²) in [5.74, 6) is 1.77. The van der Waals surface area contributed by atoms with Crippen molar-refractivity contribution in [2.45, 2.75) is 12.8 Å². The Hall–Kier alpha value is -1.61. The van der Waals surface area contributed by atoms with E-state index in [0.717, 1.165) is 36.9 Å². The van der Waals surface area contributed by atoms with E-state index in [2.05, 4.69) is 39.9 Å². The molecule has 0 bridgehead atoms. The predicted molar refractivity (Wildman–Crippen MR) is 75.8 cm³/mol. The predicted octanol–water partition coefficient (Wildman–Crippen LogP) is 2.65. The lowest BCUT2D eigenvalue weighted by molar-refractivity contribution is 0.389. The second-order valence-corrected chi connectivity index (χ2v) is 4.96. The summed E-state index contributed by atoms with van der Waals surface area (Å²) in [6.07, 6.45) is 2.53. The van der Waals surface area contributed by atoms with Gasteiger partial charge in [-0.25, -0.2) is 4.98 Å². The Morgan fingerprint density at radius 1 is 1.11 bits per heavy atom. The Balaban J connectivity index is 1.66. The van der Waals surface area contributed by atoms with Crippen LogP contribution in [0, 0.1) is 5.92 Å². The summed E-state index contributed by atoms with van der Waals surface area (Å²) in [4.78, 5) is 4.63. The molecule has 0 aliphatic carbocycles. The first-order valence-electron chi connectivity index (χ1n) is 6.72. The van der Waals surface area contributed by atoms with E-state index in [0.29, 0.717) is 0 Å². The summed E-state index contributed by atoms with van der Waals surface area (Å²) < 4.78 is 0. The molecule has 0 radical (unpaired) electrons. The SMILES string of the molecule is c1ccc2nc(NCC3CCNCC3)ccc2c1. The van der Waals surface area contributed by atoms with Crippen LogP contribution < -0.4 is 10.6 Å². The molecule has 1 aromatic carbocycles. The number of rotatable bonds is 3. The Morgan fingerprint density at radius 2 is 1.94 bits per heavy atom. The number of pyridine rings is 1. The van der Waals surface area contributed by atoms with Crippen molar-refractivity contribution in [1.29, 1.82) is 0 Å². The number of nitrogens with zero attached hydrogens (tertiary/aromatic N) is 1. The lowest BCUT2D eigenvalue weighted by atomic mass is 9.98. The minimum Gasteiger partial charge on any atom is -0.370 e. The second-order valence-electron chi connectivity index (χ2n) is 4.96. The Bertz CT molecular complexity index is 518. The van der Waals surface area contributed by atoms with Crippen LogP contribution in [0.2, 0.25) is 0 Å². The molecule has 2 N–H and O–H groups in total. The molecule has 0 saturated carbocycles. The molecular weight excluding hydrogens is 222 g/mol. The number of benzene rings is 1. The van der Waals surface area contributed by atoms with E-state index in [1.165, 1.54) is 18.2 Å². The zero-order chi connectivity index (χ0) is 12.2. The zero-order valence-electron chi connectivity index (χ0n) is 10.5. The molecule has 1 aliphatic rings. The standard InChI is InChI=1S/C15H19N3/c1-2-4-14-13(3-1)5-6-15(18-14)17-11-12-7-9-16-10-8-12/h1-6,12,16H,7-11H2,(H,17,18). The van der Waals surface area contributed by atoms with Gasteiger partial charge in [0, 0.05) is 11.9 Å². The summed E-state index contributed by atoms with van der Waals surface area (Å²) >= 11 is 0. The molecule has 1 aromatic heterocycles. The molecule has 94 valence electrons. The van der Waals surface area contributed by atoms with Crippen LogP contribution in [-0.2, 0) is 0 Å². The van der Waals surface area contributed by atoms with Crippen LogP contribution in [0.5, 0.6) is 0 Å². The fraction of sp³-hybridized carbons (Fsp3) is 0.400. The monoisotopic (exact) mass is 241 g/mol. The molecule has 1 aliphatic heterocycles. The minimum absolute atomic E-state index is 0.777. The van der Waals surface area contributed by atoms with Gasteiger partial charge in [-0.2, -0.15) is 0 Å². The van der Waals surface area contributed by atoms with Gasteiger partial charge in [0.15, 0.2) is 0 Å². The van der Waals surface area contributed by atoms with Crippen molar-refractivity contribution < 1.29 is 0 Å². The van der Waals surface area contributed by atoms with E-state index >= 15 is 0 Å². The lowest BCUT2D eigenvalue weighted by Gasteiger charge is -2.23. The Kier molecular flexibility index (Phi) is 3.42. The first-order valence-corrected chi connectivity index (χ1v) is 6.72. The van der Waals surface area contributed by atoms with Gasteiger partial charge in [-0.15, -0.1) is 0 Å². The summed E-state index contributed by atoms with van der Waals surface area (Å²) in [6.45, 7) is 3.34. The molecule has 2 aromatic rings. The van der Waals surface area contributed by atoms with Gasteiger partial charge in [0.2, 0.25) is 0 Å². The van der Waals surface area contributed by atoms with Crippen molar-refractivity contribution >= 4 is 16.7 Å². The fourth-order valence-electron chi connectivity index (χ4n) is 2.50. The first kappa shape index (κ1) is 11.5. The molecule has 3 heteroatoms. The third-order valence-electron chi connectivity index (χ3n) is 3.63. The molecular formula is C15H19N3. The van der Waals surface area contributed by atoms with Crippen LogP contribution in [0.15, 0.2) is 36.4 Å². The number of aromatic nitrogens is 1. The molecule has 18 heavy (non-hydrogen) atoms. The van der Waals surface area contributed by atoms with Crippen LogP contribution in [0.4, 0.5) is 5.82 Å². The van der Waals surface area contributed by atoms with E-state index in [1.54, 1.807) is 0 Å². The molecule has 2 heterocycles. The highest BCUT2D eigenvalue weighted by atomic mass is 15.0. The van der Waals surface area contributed by atoms with Gasteiger partial charge in [-0.05, 0) is 50.0 Å². The van der Waals surface area contributed by atoms with E-state index in [4.69, 9.17) is 0 Å². The van der Waals surface area contributed by atoms with Crippen LogP contribution in [0.3, 0.4) is 0 Å². The zero-order valence-corrected chi connectivity index (χ0v) is 10.5. The van der Waals surface area contributed by atoms with Crippen molar-refractivity contribution in [2.24, 2.45) is 5.92 Å². The van der Waals surface area contributed by atoms with Crippen molar-refractivity contribution in [3.05, 3.63) is 36.4 Å². The average Bonchev–Trinajstić information content (AvgIpc) is 2.46. The Morgan fingerprint density at radius 3 is 2.83 bits per heavy atom. The molecule has 0 atom stereocenters. The van der Waals surface area contributed by atoms with E-state index < -0.39 is 0 Å². The van der Waals surface area contributed by atoms with Gasteiger partial charge in [-0.3, -0.25) is 0 Å². The van der Waals surface area contributed by atoms with Gasteiger partial charge in [0.25, 0.3) is 0 Å². The van der Waals surface area contributed by atoms with Gasteiger partial charge < -0.3 is 10.6 Å². The third-order valence-corrected chi connectivity index (χ3v) is 3.63. The van der Waals surface area contributed by atoms with Gasteiger partial charge in [0.05, 0.1) is 5.52 Å². The fourth-order valence-corrected chi connectivity index (χ4v) is 2.50. The number of anilines is 1. The minimum atomic E-state index is 0.777. The molecule has 0 spiro atoms. The van der Waals surface area contributed by atoms with Crippen molar-refractivity contribution in [3.63, 3.8) is 0 Å². The molecule has 0 amide bonds. The quantitative estimate of drug-likeness (QED) is 0.867. The highest BCUT2D eigenvalue weighted by molar-refractivity contribution is 5.79. The summed E-state index contributed by atoms with van der Waals surface area (Å²) in [6, 6.07) is 12.4. The second kappa shape index (κ2) is 5.36. The van der Waals surface area contributed by atoms with Crippen molar-refractivity contribution in [1.82, 2.24) is 10.3 Å². The van der Waals surface area contributed by atoms with E-state index in [1.807, 2.05) is 12.1 Å².